The summed E-state index contributed by atoms with van der Waals surface area (Å²) in [6.45, 7) is 4.98. The van der Waals surface area contributed by atoms with E-state index in [1.807, 2.05) is 6.92 Å². The number of aromatic nitrogens is 2. The quantitative estimate of drug-likeness (QED) is 0.792. The number of aliphatic hydroxyl groups is 1. The maximum Gasteiger partial charge on any atom is 0.323 e. The van der Waals surface area contributed by atoms with Crippen molar-refractivity contribution >= 4 is 22.5 Å². The Kier molecular flexibility index (Phi) is 6.59. The number of nitrogens with zero attached hydrogens (tertiary/aromatic N) is 3. The first-order chi connectivity index (χ1) is 8.71. The van der Waals surface area contributed by atoms with Crippen molar-refractivity contribution in [2.45, 2.75) is 33.1 Å². The third-order valence-electron chi connectivity index (χ3n) is 2.30. The Labute approximate surface area is 111 Å². The minimum atomic E-state index is -0.231. The van der Waals surface area contributed by atoms with Crippen LogP contribution in [0.3, 0.4) is 0 Å². The molecule has 0 fully saturated rings. The summed E-state index contributed by atoms with van der Waals surface area (Å²) in [5, 5.41) is 21.0. The van der Waals surface area contributed by atoms with Crippen molar-refractivity contribution in [3.8, 4) is 0 Å². The molecule has 0 unspecified atom stereocenters. The van der Waals surface area contributed by atoms with Crippen molar-refractivity contribution in [3.63, 3.8) is 0 Å². The van der Waals surface area contributed by atoms with Gasteiger partial charge in [-0.25, -0.2) is 4.79 Å². The molecule has 6 nitrogen and oxygen atoms in total. The molecule has 1 heterocycles. The molecule has 1 aromatic rings. The van der Waals surface area contributed by atoms with E-state index < -0.39 is 0 Å². The van der Waals surface area contributed by atoms with Crippen LogP contribution in [-0.2, 0) is 6.42 Å². The van der Waals surface area contributed by atoms with Crippen LogP contribution in [0.25, 0.3) is 0 Å². The van der Waals surface area contributed by atoms with Crippen molar-refractivity contribution in [3.05, 3.63) is 5.01 Å². The third kappa shape index (κ3) is 4.58. The Bertz CT molecular complexity index is 364. The molecule has 18 heavy (non-hydrogen) atoms. The van der Waals surface area contributed by atoms with Gasteiger partial charge in [-0.2, -0.15) is 0 Å². The molecule has 0 aliphatic carbocycles. The number of carbonyl (C=O) groups is 1. The summed E-state index contributed by atoms with van der Waals surface area (Å²) >= 11 is 1.40. The van der Waals surface area contributed by atoms with E-state index in [4.69, 9.17) is 5.11 Å². The Morgan fingerprint density at radius 3 is 2.72 bits per heavy atom. The Morgan fingerprint density at radius 2 is 2.11 bits per heavy atom. The summed E-state index contributed by atoms with van der Waals surface area (Å²) in [5.74, 6) is 0. The fourth-order valence-electron chi connectivity index (χ4n) is 1.50. The molecule has 1 aromatic heterocycles. The molecule has 0 bridgehead atoms. The van der Waals surface area contributed by atoms with Gasteiger partial charge in [0.05, 0.1) is 6.61 Å². The van der Waals surface area contributed by atoms with E-state index in [-0.39, 0.29) is 12.6 Å². The lowest BCUT2D eigenvalue weighted by Gasteiger charge is -2.20. The van der Waals surface area contributed by atoms with Gasteiger partial charge in [-0.3, -0.25) is 5.32 Å². The van der Waals surface area contributed by atoms with Gasteiger partial charge >= 0.3 is 6.03 Å². The van der Waals surface area contributed by atoms with Gasteiger partial charge in [-0.05, 0) is 12.8 Å². The van der Waals surface area contributed by atoms with Crippen LogP contribution in [0.2, 0.25) is 0 Å². The van der Waals surface area contributed by atoms with E-state index in [1.54, 1.807) is 4.90 Å². The van der Waals surface area contributed by atoms with Gasteiger partial charge in [0, 0.05) is 19.5 Å². The van der Waals surface area contributed by atoms with Gasteiger partial charge < -0.3 is 10.0 Å². The number of carbonyl (C=O) groups excluding carboxylic acids is 1. The second-order valence-corrected chi connectivity index (χ2v) is 4.95. The molecule has 0 saturated carbocycles. The molecule has 1 rings (SSSR count). The predicted octanol–water partition coefficient (Wildman–Crippen LogP) is 1.73. The molecule has 102 valence electrons. The fourth-order valence-corrected chi connectivity index (χ4v) is 2.33. The Hall–Kier alpha value is -1.21. The molecular formula is C11H20N4O2S. The van der Waals surface area contributed by atoms with E-state index in [2.05, 4.69) is 22.4 Å². The van der Waals surface area contributed by atoms with Crippen molar-refractivity contribution in [1.29, 1.82) is 0 Å². The van der Waals surface area contributed by atoms with E-state index in [1.165, 1.54) is 11.3 Å². The van der Waals surface area contributed by atoms with Gasteiger partial charge in [0.2, 0.25) is 5.13 Å². The number of amides is 2. The van der Waals surface area contributed by atoms with Crippen LogP contribution < -0.4 is 5.32 Å². The van der Waals surface area contributed by atoms with E-state index in [9.17, 15) is 4.79 Å². The number of nitrogens with one attached hydrogen (secondary N) is 1. The largest absolute Gasteiger partial charge is 0.395 e. The number of aliphatic hydroxyl groups excluding tert-OH is 1. The van der Waals surface area contributed by atoms with E-state index in [0.717, 1.165) is 24.3 Å². The zero-order valence-electron chi connectivity index (χ0n) is 10.8. The Balaban J connectivity index is 2.55. The number of aryl methyl sites for hydroxylation is 1. The van der Waals surface area contributed by atoms with Crippen LogP contribution in [0, 0.1) is 0 Å². The molecule has 7 heteroatoms. The average molecular weight is 272 g/mol. The summed E-state index contributed by atoms with van der Waals surface area (Å²) in [6.07, 6.45) is 2.74. The second-order valence-electron chi connectivity index (χ2n) is 3.89. The van der Waals surface area contributed by atoms with Crippen LogP contribution in [0.5, 0.6) is 0 Å². The predicted molar refractivity (Wildman–Crippen MR) is 71.9 cm³/mol. The highest BCUT2D eigenvalue weighted by Gasteiger charge is 2.14. The normalized spacial score (nSPS) is 10.4. The molecular weight excluding hydrogens is 252 g/mol. The smallest absolute Gasteiger partial charge is 0.323 e. The summed E-state index contributed by atoms with van der Waals surface area (Å²) in [7, 11) is 0. The highest BCUT2D eigenvalue weighted by atomic mass is 32.1. The van der Waals surface area contributed by atoms with Crippen molar-refractivity contribution in [2.24, 2.45) is 0 Å². The maximum atomic E-state index is 11.9. The van der Waals surface area contributed by atoms with Gasteiger partial charge in [-0.15, -0.1) is 10.2 Å². The standard InChI is InChI=1S/C11H20N4O2S/c1-3-5-9-13-14-10(18-9)12-11(17)15(6-4-2)7-8-16/h16H,3-8H2,1-2H3,(H,12,14,17). The molecule has 0 aliphatic heterocycles. The zero-order chi connectivity index (χ0) is 13.4. The molecule has 2 N–H and O–H groups in total. The number of urea groups is 1. The highest BCUT2D eigenvalue weighted by molar-refractivity contribution is 7.15. The number of hydrogen-bond donors (Lipinski definition) is 2. The van der Waals surface area contributed by atoms with Crippen molar-refractivity contribution in [2.75, 3.05) is 25.0 Å². The lowest BCUT2D eigenvalue weighted by Crippen LogP contribution is -2.37. The van der Waals surface area contributed by atoms with Crippen LogP contribution >= 0.6 is 11.3 Å². The lowest BCUT2D eigenvalue weighted by atomic mass is 10.4. The average Bonchev–Trinajstić information content (AvgIpc) is 2.77. The third-order valence-corrected chi connectivity index (χ3v) is 3.19. The first-order valence-corrected chi connectivity index (χ1v) is 7.02. The summed E-state index contributed by atoms with van der Waals surface area (Å²) in [5.41, 5.74) is 0. The van der Waals surface area contributed by atoms with Gasteiger partial charge in [-0.1, -0.05) is 25.2 Å². The van der Waals surface area contributed by atoms with Crippen LogP contribution in [0.15, 0.2) is 0 Å². The monoisotopic (exact) mass is 272 g/mol. The topological polar surface area (TPSA) is 78.4 Å². The zero-order valence-corrected chi connectivity index (χ0v) is 11.7. The number of hydrogen-bond acceptors (Lipinski definition) is 5. The van der Waals surface area contributed by atoms with Gasteiger partial charge in [0.25, 0.3) is 0 Å². The molecule has 0 atom stereocenters. The molecule has 0 spiro atoms. The van der Waals surface area contributed by atoms with Crippen molar-refractivity contribution < 1.29 is 9.90 Å². The first kappa shape index (κ1) is 14.8. The molecule has 0 saturated heterocycles. The number of anilines is 1. The molecule has 0 radical (unpaired) electrons. The minimum absolute atomic E-state index is 0.0371. The fraction of sp³-hybridized carbons (Fsp3) is 0.727. The SMILES string of the molecule is CCCc1nnc(NC(=O)N(CCC)CCO)s1. The second kappa shape index (κ2) is 7.99. The number of rotatable bonds is 7. The minimum Gasteiger partial charge on any atom is -0.395 e. The molecule has 0 aromatic carbocycles. The van der Waals surface area contributed by atoms with Crippen LogP contribution in [-0.4, -0.2) is 45.9 Å². The first-order valence-electron chi connectivity index (χ1n) is 6.20. The van der Waals surface area contributed by atoms with E-state index >= 15 is 0 Å². The lowest BCUT2D eigenvalue weighted by molar-refractivity contribution is 0.188. The van der Waals surface area contributed by atoms with E-state index in [0.29, 0.717) is 18.2 Å². The van der Waals surface area contributed by atoms with Gasteiger partial charge in [0.1, 0.15) is 5.01 Å². The van der Waals surface area contributed by atoms with Crippen molar-refractivity contribution in [1.82, 2.24) is 15.1 Å². The van der Waals surface area contributed by atoms with Crippen LogP contribution in [0.1, 0.15) is 31.7 Å². The summed E-state index contributed by atoms with van der Waals surface area (Å²) in [6, 6.07) is -0.231. The maximum absolute atomic E-state index is 11.9. The highest BCUT2D eigenvalue weighted by Crippen LogP contribution is 2.16. The summed E-state index contributed by atoms with van der Waals surface area (Å²) < 4.78 is 0. The van der Waals surface area contributed by atoms with Gasteiger partial charge in [0.15, 0.2) is 0 Å². The molecule has 0 aliphatic rings. The van der Waals surface area contributed by atoms with Crippen LogP contribution in [0.4, 0.5) is 9.93 Å². The molecule has 2 amide bonds. The summed E-state index contributed by atoms with van der Waals surface area (Å²) in [4.78, 5) is 13.5. The Morgan fingerprint density at radius 1 is 1.33 bits per heavy atom.